The van der Waals surface area contributed by atoms with Gasteiger partial charge in [0.2, 0.25) is 0 Å². The number of rotatable bonds is 3. The molecule has 2 rings (SSSR count). The van der Waals surface area contributed by atoms with Gasteiger partial charge in [-0.1, -0.05) is 49.3 Å². The van der Waals surface area contributed by atoms with Crippen LogP contribution in [0.5, 0.6) is 0 Å². The van der Waals surface area contributed by atoms with Gasteiger partial charge in [0.05, 0.1) is 12.0 Å². The van der Waals surface area contributed by atoms with E-state index in [0.29, 0.717) is 4.64 Å². The van der Waals surface area contributed by atoms with Gasteiger partial charge in [-0.15, -0.1) is 0 Å². The predicted octanol–water partition coefficient (Wildman–Crippen LogP) is 4.41. The Kier molecular flexibility index (Phi) is 3.92. The third kappa shape index (κ3) is 2.73. The van der Waals surface area contributed by atoms with E-state index in [1.807, 2.05) is 24.3 Å². The standard InChI is InChI=1S/C13H13ClN2S/c1-2-3-11-12(15-8-16-13(11)17)9-4-6-10(14)7-5-9/h4-8H,2-3H2,1H3,(H,15,16,17). The number of aromatic nitrogens is 2. The van der Waals surface area contributed by atoms with Crippen LogP contribution in [-0.2, 0) is 6.42 Å². The van der Waals surface area contributed by atoms with Crippen LogP contribution in [0.2, 0.25) is 5.02 Å². The van der Waals surface area contributed by atoms with Crippen LogP contribution in [0, 0.1) is 4.64 Å². The van der Waals surface area contributed by atoms with Crippen LogP contribution in [0.25, 0.3) is 11.3 Å². The maximum absolute atomic E-state index is 5.89. The van der Waals surface area contributed by atoms with Crippen molar-refractivity contribution < 1.29 is 0 Å². The quantitative estimate of drug-likeness (QED) is 0.832. The van der Waals surface area contributed by atoms with E-state index in [9.17, 15) is 0 Å². The van der Waals surface area contributed by atoms with Crippen LogP contribution in [0.15, 0.2) is 30.6 Å². The lowest BCUT2D eigenvalue weighted by Gasteiger charge is -2.08. The second-order valence-electron chi connectivity index (χ2n) is 3.82. The number of nitrogens with zero attached hydrogens (tertiary/aromatic N) is 1. The first-order valence-corrected chi connectivity index (χ1v) is 6.33. The van der Waals surface area contributed by atoms with Gasteiger partial charge in [-0.25, -0.2) is 4.98 Å². The van der Waals surface area contributed by atoms with Gasteiger partial charge in [0.25, 0.3) is 0 Å². The molecule has 0 amide bonds. The van der Waals surface area contributed by atoms with Gasteiger partial charge in [0, 0.05) is 10.6 Å². The highest BCUT2D eigenvalue weighted by Gasteiger charge is 2.07. The zero-order valence-corrected chi connectivity index (χ0v) is 11.1. The van der Waals surface area contributed by atoms with Crippen LogP contribution in [0.4, 0.5) is 0 Å². The molecule has 2 aromatic rings. The maximum atomic E-state index is 5.89. The molecule has 0 aliphatic heterocycles. The number of aromatic amines is 1. The maximum Gasteiger partial charge on any atom is 0.133 e. The Labute approximate surface area is 111 Å². The zero-order valence-electron chi connectivity index (χ0n) is 9.53. The topological polar surface area (TPSA) is 28.7 Å². The summed E-state index contributed by atoms with van der Waals surface area (Å²) >= 11 is 11.2. The fourth-order valence-electron chi connectivity index (χ4n) is 1.78. The van der Waals surface area contributed by atoms with E-state index in [1.165, 1.54) is 0 Å². The van der Waals surface area contributed by atoms with Gasteiger partial charge in [-0.3, -0.25) is 0 Å². The molecule has 1 aromatic carbocycles. The molecule has 88 valence electrons. The molecule has 0 radical (unpaired) electrons. The monoisotopic (exact) mass is 264 g/mol. The second kappa shape index (κ2) is 5.43. The fourth-order valence-corrected chi connectivity index (χ4v) is 2.17. The summed E-state index contributed by atoms with van der Waals surface area (Å²) in [5.74, 6) is 0. The van der Waals surface area contributed by atoms with Crippen LogP contribution in [0.3, 0.4) is 0 Å². The first-order valence-electron chi connectivity index (χ1n) is 5.55. The van der Waals surface area contributed by atoms with E-state index in [2.05, 4.69) is 16.9 Å². The van der Waals surface area contributed by atoms with Crippen LogP contribution >= 0.6 is 23.8 Å². The third-order valence-electron chi connectivity index (χ3n) is 2.58. The van der Waals surface area contributed by atoms with Gasteiger partial charge in [-0.05, 0) is 24.1 Å². The highest BCUT2D eigenvalue weighted by Crippen LogP contribution is 2.24. The summed E-state index contributed by atoms with van der Waals surface area (Å²) in [4.78, 5) is 7.31. The third-order valence-corrected chi connectivity index (χ3v) is 3.19. The van der Waals surface area contributed by atoms with Crippen molar-refractivity contribution in [2.75, 3.05) is 0 Å². The van der Waals surface area contributed by atoms with Crippen molar-refractivity contribution in [2.45, 2.75) is 19.8 Å². The van der Waals surface area contributed by atoms with Gasteiger partial charge < -0.3 is 4.98 Å². The Bertz CT molecular complexity index is 560. The molecule has 1 N–H and O–H groups in total. The first kappa shape index (κ1) is 12.3. The number of halogens is 1. The number of hydrogen-bond acceptors (Lipinski definition) is 2. The molecule has 0 spiro atoms. The van der Waals surface area contributed by atoms with E-state index >= 15 is 0 Å². The van der Waals surface area contributed by atoms with Gasteiger partial charge in [0.1, 0.15) is 4.64 Å². The zero-order chi connectivity index (χ0) is 12.3. The SMILES string of the molecule is CCCc1c(-c2ccc(Cl)cc2)[nH]cnc1=S. The summed E-state index contributed by atoms with van der Waals surface area (Å²) in [5.41, 5.74) is 3.24. The lowest BCUT2D eigenvalue weighted by atomic mass is 10.0. The van der Waals surface area contributed by atoms with Gasteiger partial charge in [0.15, 0.2) is 0 Å². The molecule has 0 fully saturated rings. The van der Waals surface area contributed by atoms with Crippen molar-refractivity contribution in [1.29, 1.82) is 0 Å². The lowest BCUT2D eigenvalue weighted by Crippen LogP contribution is -1.96. The summed E-state index contributed by atoms with van der Waals surface area (Å²) in [6.07, 6.45) is 3.62. The van der Waals surface area contributed by atoms with E-state index in [0.717, 1.165) is 34.7 Å². The van der Waals surface area contributed by atoms with Crippen molar-refractivity contribution in [3.8, 4) is 11.3 Å². The number of nitrogens with one attached hydrogen (secondary N) is 1. The second-order valence-corrected chi connectivity index (χ2v) is 4.64. The molecular formula is C13H13ClN2S. The molecule has 4 heteroatoms. The number of hydrogen-bond donors (Lipinski definition) is 1. The minimum absolute atomic E-state index is 0.676. The normalized spacial score (nSPS) is 10.5. The molecule has 0 saturated heterocycles. The Balaban J connectivity index is 2.54. The van der Waals surface area contributed by atoms with Crippen molar-refractivity contribution >= 4 is 23.8 Å². The highest BCUT2D eigenvalue weighted by molar-refractivity contribution is 7.71. The first-order chi connectivity index (χ1) is 8.22. The summed E-state index contributed by atoms with van der Waals surface area (Å²) < 4.78 is 0.676. The molecule has 0 saturated carbocycles. The molecule has 0 unspecified atom stereocenters. The molecular weight excluding hydrogens is 252 g/mol. The highest BCUT2D eigenvalue weighted by atomic mass is 35.5. The van der Waals surface area contributed by atoms with Crippen molar-refractivity contribution in [3.63, 3.8) is 0 Å². The Morgan fingerprint density at radius 2 is 2.00 bits per heavy atom. The molecule has 0 atom stereocenters. The van der Waals surface area contributed by atoms with Gasteiger partial charge in [-0.2, -0.15) is 0 Å². The van der Waals surface area contributed by atoms with Crippen LogP contribution in [0.1, 0.15) is 18.9 Å². The van der Waals surface area contributed by atoms with E-state index in [1.54, 1.807) is 6.33 Å². The van der Waals surface area contributed by atoms with E-state index in [4.69, 9.17) is 23.8 Å². The Morgan fingerprint density at radius 1 is 1.29 bits per heavy atom. The number of benzene rings is 1. The number of H-pyrrole nitrogens is 1. The lowest BCUT2D eigenvalue weighted by molar-refractivity contribution is 0.898. The molecule has 0 aliphatic carbocycles. The minimum atomic E-state index is 0.676. The molecule has 17 heavy (non-hydrogen) atoms. The van der Waals surface area contributed by atoms with Crippen molar-refractivity contribution in [3.05, 3.63) is 45.8 Å². The van der Waals surface area contributed by atoms with Crippen molar-refractivity contribution in [1.82, 2.24) is 9.97 Å². The summed E-state index contributed by atoms with van der Waals surface area (Å²) in [7, 11) is 0. The predicted molar refractivity (Wildman–Crippen MR) is 73.9 cm³/mol. The summed E-state index contributed by atoms with van der Waals surface area (Å²) in [6.45, 7) is 2.13. The summed E-state index contributed by atoms with van der Waals surface area (Å²) in [6, 6.07) is 7.73. The summed E-state index contributed by atoms with van der Waals surface area (Å²) in [5, 5.41) is 0.735. The van der Waals surface area contributed by atoms with Gasteiger partial charge >= 0.3 is 0 Å². The van der Waals surface area contributed by atoms with Crippen molar-refractivity contribution in [2.24, 2.45) is 0 Å². The molecule has 1 aromatic heterocycles. The average molecular weight is 265 g/mol. The Morgan fingerprint density at radius 3 is 2.65 bits per heavy atom. The molecule has 2 nitrogen and oxygen atoms in total. The molecule has 0 bridgehead atoms. The van der Waals surface area contributed by atoms with Crippen LogP contribution in [-0.4, -0.2) is 9.97 Å². The average Bonchev–Trinajstić information content (AvgIpc) is 2.33. The van der Waals surface area contributed by atoms with Crippen LogP contribution < -0.4 is 0 Å². The Hall–Kier alpha value is -1.19. The minimum Gasteiger partial charge on any atom is -0.346 e. The molecule has 1 heterocycles. The van der Waals surface area contributed by atoms with E-state index < -0.39 is 0 Å². The smallest absolute Gasteiger partial charge is 0.133 e. The molecule has 0 aliphatic rings. The fraction of sp³-hybridized carbons (Fsp3) is 0.231. The van der Waals surface area contributed by atoms with E-state index in [-0.39, 0.29) is 0 Å². The largest absolute Gasteiger partial charge is 0.346 e.